The minimum atomic E-state index is -0.144. The summed E-state index contributed by atoms with van der Waals surface area (Å²) < 4.78 is 5.99. The predicted octanol–water partition coefficient (Wildman–Crippen LogP) is 3.80. The molecule has 0 saturated heterocycles. The van der Waals surface area contributed by atoms with Crippen molar-refractivity contribution in [3.63, 3.8) is 0 Å². The van der Waals surface area contributed by atoms with Crippen LogP contribution in [0.15, 0.2) is 35.5 Å². The lowest BCUT2D eigenvalue weighted by molar-refractivity contribution is -0.119. The van der Waals surface area contributed by atoms with Gasteiger partial charge in [-0.1, -0.05) is 24.3 Å². The Labute approximate surface area is 138 Å². The Kier molecular flexibility index (Phi) is 4.41. The number of ketones is 2. The van der Waals surface area contributed by atoms with E-state index in [1.165, 1.54) is 0 Å². The number of Topliss-reactive ketones (excluding diaryl/α,β-unsaturated/α-hetero) is 2. The highest BCUT2D eigenvalue weighted by Gasteiger charge is 2.49. The zero-order valence-electron chi connectivity index (χ0n) is 14.2. The fourth-order valence-corrected chi connectivity index (χ4v) is 4.79. The van der Waals surface area contributed by atoms with E-state index < -0.39 is 0 Å². The number of allylic oxidation sites excluding steroid dienone is 4. The summed E-state index contributed by atoms with van der Waals surface area (Å²) >= 11 is 0. The van der Waals surface area contributed by atoms with E-state index in [4.69, 9.17) is 4.74 Å². The molecule has 0 aromatic carbocycles. The van der Waals surface area contributed by atoms with Crippen molar-refractivity contribution < 1.29 is 14.3 Å². The van der Waals surface area contributed by atoms with Gasteiger partial charge in [0.25, 0.3) is 0 Å². The van der Waals surface area contributed by atoms with Crippen LogP contribution in [0.25, 0.3) is 0 Å². The largest absolute Gasteiger partial charge is 0.378 e. The number of fused-ring (bicyclic) bond motifs is 2. The van der Waals surface area contributed by atoms with Gasteiger partial charge in [0.05, 0.1) is 6.10 Å². The minimum Gasteiger partial charge on any atom is -0.378 e. The van der Waals surface area contributed by atoms with Crippen LogP contribution in [-0.2, 0) is 14.3 Å². The van der Waals surface area contributed by atoms with Gasteiger partial charge in [0.15, 0.2) is 11.6 Å². The molecule has 1 unspecified atom stereocenters. The number of carbonyl (C=O) groups is 2. The molecule has 3 aliphatic carbocycles. The predicted molar refractivity (Wildman–Crippen MR) is 90.0 cm³/mol. The quantitative estimate of drug-likeness (QED) is 0.744. The first-order chi connectivity index (χ1) is 11.0. The molecule has 0 radical (unpaired) electrons. The highest BCUT2D eigenvalue weighted by Crippen LogP contribution is 2.51. The topological polar surface area (TPSA) is 43.4 Å². The van der Waals surface area contributed by atoms with Crippen molar-refractivity contribution in [1.82, 2.24) is 0 Å². The summed E-state index contributed by atoms with van der Waals surface area (Å²) in [6.45, 7) is 13.0. The summed E-state index contributed by atoms with van der Waals surface area (Å²) in [5.74, 6) is 0.622. The summed E-state index contributed by atoms with van der Waals surface area (Å²) in [5, 5.41) is 0. The van der Waals surface area contributed by atoms with Gasteiger partial charge < -0.3 is 4.74 Å². The van der Waals surface area contributed by atoms with Crippen molar-refractivity contribution in [2.45, 2.75) is 52.1 Å². The smallest absolute Gasteiger partial charge is 0.161 e. The van der Waals surface area contributed by atoms with Crippen LogP contribution in [0, 0.1) is 17.8 Å². The number of carbonyl (C=O) groups excluding carboxylic acids is 2. The first-order valence-electron chi connectivity index (χ1n) is 8.69. The Bertz CT molecular complexity index is 610. The highest BCUT2D eigenvalue weighted by molar-refractivity contribution is 6.11. The molecule has 1 saturated carbocycles. The lowest BCUT2D eigenvalue weighted by Crippen LogP contribution is -2.41. The molecule has 3 nitrogen and oxygen atoms in total. The van der Waals surface area contributed by atoms with Gasteiger partial charge in [-0.15, -0.1) is 0 Å². The normalized spacial score (nSPS) is 34.3. The Balaban J connectivity index is 2.13. The summed E-state index contributed by atoms with van der Waals surface area (Å²) in [6, 6.07) is 0. The third kappa shape index (κ3) is 2.65. The van der Waals surface area contributed by atoms with Crippen molar-refractivity contribution in [2.75, 3.05) is 6.61 Å². The van der Waals surface area contributed by atoms with Crippen LogP contribution in [0.3, 0.4) is 0 Å². The van der Waals surface area contributed by atoms with Crippen molar-refractivity contribution in [3.8, 4) is 0 Å². The molecule has 0 bridgehead atoms. The molecule has 0 N–H and O–H groups in total. The summed E-state index contributed by atoms with van der Waals surface area (Å²) in [4.78, 5) is 25.2. The molecule has 0 amide bonds. The van der Waals surface area contributed by atoms with Crippen LogP contribution in [0.2, 0.25) is 0 Å². The van der Waals surface area contributed by atoms with Gasteiger partial charge in [-0.25, -0.2) is 0 Å². The third-order valence-electron chi connectivity index (χ3n) is 5.77. The zero-order valence-corrected chi connectivity index (χ0v) is 14.2. The highest BCUT2D eigenvalue weighted by atomic mass is 16.5. The Morgan fingerprint density at radius 2 is 1.96 bits per heavy atom. The van der Waals surface area contributed by atoms with E-state index in [0.717, 1.165) is 35.1 Å². The monoisotopic (exact) mass is 314 g/mol. The van der Waals surface area contributed by atoms with E-state index in [2.05, 4.69) is 20.1 Å². The van der Waals surface area contributed by atoms with Gasteiger partial charge in [0, 0.05) is 42.4 Å². The van der Waals surface area contributed by atoms with Crippen molar-refractivity contribution >= 4 is 11.6 Å². The van der Waals surface area contributed by atoms with E-state index in [-0.39, 0.29) is 35.4 Å². The molecule has 3 aliphatic rings. The second kappa shape index (κ2) is 6.20. The first-order valence-corrected chi connectivity index (χ1v) is 8.69. The standard InChI is InChI=1S/C20H26O3/c1-5-23-17-10-16(22)14-8-9-15(21)19(14)18-12(4)6-7-13(11(2)3)20(17)18/h13,17-18,20H,2,4-10H2,1,3H3/t13?,17-,18-,20-/m0/s1. The fraction of sp³-hybridized carbons (Fsp3) is 0.600. The van der Waals surface area contributed by atoms with Gasteiger partial charge in [-0.3, -0.25) is 9.59 Å². The molecule has 3 rings (SSSR count). The van der Waals surface area contributed by atoms with E-state index in [9.17, 15) is 9.59 Å². The lowest BCUT2D eigenvalue weighted by Gasteiger charge is -2.43. The lowest BCUT2D eigenvalue weighted by atomic mass is 9.63. The van der Waals surface area contributed by atoms with E-state index in [1.54, 1.807) is 0 Å². The van der Waals surface area contributed by atoms with Crippen LogP contribution in [0.4, 0.5) is 0 Å². The number of hydrogen-bond donors (Lipinski definition) is 0. The van der Waals surface area contributed by atoms with Crippen LogP contribution in [0.1, 0.15) is 46.0 Å². The van der Waals surface area contributed by atoms with E-state index in [0.29, 0.717) is 25.9 Å². The Hall–Kier alpha value is -1.48. The maximum atomic E-state index is 12.7. The summed E-state index contributed by atoms with van der Waals surface area (Å²) in [7, 11) is 0. The van der Waals surface area contributed by atoms with Crippen LogP contribution < -0.4 is 0 Å². The first kappa shape index (κ1) is 16.4. The minimum absolute atomic E-state index is 0.0292. The molecule has 3 heteroatoms. The van der Waals surface area contributed by atoms with Gasteiger partial charge >= 0.3 is 0 Å². The average molecular weight is 314 g/mol. The molecule has 0 aromatic heterocycles. The molecule has 1 fully saturated rings. The molecule has 0 spiro atoms. The molecule has 0 aromatic rings. The summed E-state index contributed by atoms with van der Waals surface area (Å²) in [6.07, 6.45) is 3.21. The van der Waals surface area contributed by atoms with Crippen LogP contribution in [0.5, 0.6) is 0 Å². The van der Waals surface area contributed by atoms with Gasteiger partial charge in [0.1, 0.15) is 0 Å². The molecule has 4 atom stereocenters. The van der Waals surface area contributed by atoms with Crippen LogP contribution in [-0.4, -0.2) is 24.3 Å². The number of rotatable bonds is 3. The average Bonchev–Trinajstić information content (AvgIpc) is 2.82. The Morgan fingerprint density at radius 1 is 1.22 bits per heavy atom. The number of ether oxygens (including phenoxy) is 1. The summed E-state index contributed by atoms with van der Waals surface area (Å²) in [5.41, 5.74) is 3.74. The molecular formula is C20H26O3. The van der Waals surface area contributed by atoms with Crippen LogP contribution >= 0.6 is 0 Å². The van der Waals surface area contributed by atoms with Crippen molar-refractivity contribution in [2.24, 2.45) is 17.8 Å². The van der Waals surface area contributed by atoms with Gasteiger partial charge in [-0.05, 0) is 39.0 Å². The SMILES string of the molecule is C=C(C)C1CCC(=C)[C@H]2C3=C(CCC3=O)C(=O)C[C@H](OCC)[C@H]12. The van der Waals surface area contributed by atoms with Crippen molar-refractivity contribution in [3.05, 3.63) is 35.5 Å². The van der Waals surface area contributed by atoms with Gasteiger partial charge in [0.2, 0.25) is 0 Å². The fourth-order valence-electron chi connectivity index (χ4n) is 4.79. The molecule has 23 heavy (non-hydrogen) atoms. The van der Waals surface area contributed by atoms with Gasteiger partial charge in [-0.2, -0.15) is 0 Å². The van der Waals surface area contributed by atoms with E-state index >= 15 is 0 Å². The number of hydrogen-bond acceptors (Lipinski definition) is 3. The Morgan fingerprint density at radius 3 is 2.61 bits per heavy atom. The zero-order chi connectivity index (χ0) is 16.7. The second-order valence-electron chi connectivity index (χ2n) is 7.14. The molecular weight excluding hydrogens is 288 g/mol. The third-order valence-corrected chi connectivity index (χ3v) is 5.77. The molecule has 0 heterocycles. The van der Waals surface area contributed by atoms with E-state index in [1.807, 2.05) is 6.92 Å². The molecule has 0 aliphatic heterocycles. The maximum absolute atomic E-state index is 12.7. The second-order valence-corrected chi connectivity index (χ2v) is 7.14. The maximum Gasteiger partial charge on any atom is 0.161 e. The van der Waals surface area contributed by atoms with Crippen molar-refractivity contribution in [1.29, 1.82) is 0 Å². The molecule has 124 valence electrons.